The van der Waals surface area contributed by atoms with Crippen LogP contribution in [0.15, 0.2) is 18.2 Å². The molecule has 0 radical (unpaired) electrons. The molecule has 1 aromatic rings. The molecule has 68 valence electrons. The standard InChI is InChI=1S/C7H7BFNO3/c9-6-2-1-5(8(12)13)3-7(6)10-4-11/h1-4,12-13H,(H,10,11). The van der Waals surface area contributed by atoms with Gasteiger partial charge in [-0.05, 0) is 17.6 Å². The van der Waals surface area contributed by atoms with Crippen LogP contribution in [0.1, 0.15) is 0 Å². The van der Waals surface area contributed by atoms with E-state index in [0.29, 0.717) is 6.41 Å². The van der Waals surface area contributed by atoms with Gasteiger partial charge in [0.25, 0.3) is 0 Å². The molecule has 0 saturated carbocycles. The third kappa shape index (κ3) is 2.27. The van der Waals surface area contributed by atoms with Crippen LogP contribution in [0.3, 0.4) is 0 Å². The fourth-order valence-corrected chi connectivity index (χ4v) is 0.878. The first-order valence-corrected chi connectivity index (χ1v) is 3.51. The zero-order valence-electron chi connectivity index (χ0n) is 6.57. The van der Waals surface area contributed by atoms with Crippen LogP contribution in [0.25, 0.3) is 0 Å². The molecule has 13 heavy (non-hydrogen) atoms. The van der Waals surface area contributed by atoms with E-state index < -0.39 is 12.9 Å². The van der Waals surface area contributed by atoms with Gasteiger partial charge in [-0.3, -0.25) is 4.79 Å². The molecule has 0 heterocycles. The van der Waals surface area contributed by atoms with E-state index in [-0.39, 0.29) is 11.2 Å². The summed E-state index contributed by atoms with van der Waals surface area (Å²) < 4.78 is 12.8. The van der Waals surface area contributed by atoms with Crippen LogP contribution in [-0.2, 0) is 4.79 Å². The van der Waals surface area contributed by atoms with Crippen LogP contribution in [0.2, 0.25) is 0 Å². The topological polar surface area (TPSA) is 69.6 Å². The Labute approximate surface area is 74.2 Å². The Bertz CT molecular complexity index is 319. The molecule has 0 atom stereocenters. The lowest BCUT2D eigenvalue weighted by Gasteiger charge is -2.03. The van der Waals surface area contributed by atoms with Crippen molar-refractivity contribution in [2.75, 3.05) is 5.32 Å². The maximum absolute atomic E-state index is 12.8. The number of benzene rings is 1. The molecule has 1 rings (SSSR count). The molecule has 0 spiro atoms. The molecule has 0 aliphatic rings. The van der Waals surface area contributed by atoms with Gasteiger partial charge in [0.2, 0.25) is 6.41 Å². The number of hydrogen-bond donors (Lipinski definition) is 3. The first kappa shape index (κ1) is 9.69. The second-order valence-electron chi connectivity index (χ2n) is 2.38. The Morgan fingerprint density at radius 2 is 2.15 bits per heavy atom. The molecule has 1 amide bonds. The van der Waals surface area contributed by atoms with Gasteiger partial charge in [0.15, 0.2) is 0 Å². The summed E-state index contributed by atoms with van der Waals surface area (Å²) in [6.45, 7) is 0. The van der Waals surface area contributed by atoms with Crippen molar-refractivity contribution in [1.29, 1.82) is 0 Å². The number of carbonyl (C=O) groups excluding carboxylic acids is 1. The summed E-state index contributed by atoms with van der Waals surface area (Å²) >= 11 is 0. The second-order valence-corrected chi connectivity index (χ2v) is 2.38. The maximum Gasteiger partial charge on any atom is 0.488 e. The highest BCUT2D eigenvalue weighted by Crippen LogP contribution is 2.09. The van der Waals surface area contributed by atoms with Gasteiger partial charge in [-0.2, -0.15) is 0 Å². The normalized spacial score (nSPS) is 9.46. The molecule has 0 unspecified atom stereocenters. The van der Waals surface area contributed by atoms with Crippen LogP contribution in [0, 0.1) is 5.82 Å². The highest BCUT2D eigenvalue weighted by molar-refractivity contribution is 6.58. The molecular weight excluding hydrogens is 176 g/mol. The minimum Gasteiger partial charge on any atom is -0.423 e. The average molecular weight is 183 g/mol. The van der Waals surface area contributed by atoms with Gasteiger partial charge >= 0.3 is 7.12 Å². The first-order chi connectivity index (χ1) is 6.15. The van der Waals surface area contributed by atoms with Gasteiger partial charge in [-0.25, -0.2) is 4.39 Å². The third-order valence-electron chi connectivity index (χ3n) is 1.50. The highest BCUT2D eigenvalue weighted by Gasteiger charge is 2.12. The lowest BCUT2D eigenvalue weighted by molar-refractivity contribution is -0.105. The zero-order chi connectivity index (χ0) is 9.84. The maximum atomic E-state index is 12.8. The molecule has 0 aromatic heterocycles. The van der Waals surface area contributed by atoms with E-state index in [1.807, 2.05) is 0 Å². The van der Waals surface area contributed by atoms with Gasteiger partial charge in [-0.1, -0.05) is 6.07 Å². The Morgan fingerprint density at radius 1 is 1.46 bits per heavy atom. The first-order valence-electron chi connectivity index (χ1n) is 3.51. The summed E-state index contributed by atoms with van der Waals surface area (Å²) in [6.07, 6.45) is 0.311. The number of nitrogens with one attached hydrogen (secondary N) is 1. The van der Waals surface area contributed by atoms with Crippen LogP contribution in [0.4, 0.5) is 10.1 Å². The van der Waals surface area contributed by atoms with E-state index in [0.717, 1.165) is 12.1 Å². The molecule has 0 fully saturated rings. The average Bonchev–Trinajstić information content (AvgIpc) is 2.08. The summed E-state index contributed by atoms with van der Waals surface area (Å²) in [5, 5.41) is 19.5. The van der Waals surface area contributed by atoms with E-state index in [4.69, 9.17) is 10.0 Å². The number of hydrogen-bond acceptors (Lipinski definition) is 3. The summed E-state index contributed by atoms with van der Waals surface area (Å²) in [6, 6.07) is 3.41. The smallest absolute Gasteiger partial charge is 0.423 e. The number of rotatable bonds is 3. The Morgan fingerprint density at radius 3 is 2.69 bits per heavy atom. The minimum absolute atomic E-state index is 0.0828. The van der Waals surface area contributed by atoms with Gasteiger partial charge in [0.05, 0.1) is 5.69 Å². The van der Waals surface area contributed by atoms with Crippen molar-refractivity contribution in [2.24, 2.45) is 0 Å². The van der Waals surface area contributed by atoms with Crippen LogP contribution in [-0.4, -0.2) is 23.6 Å². The summed E-state index contributed by atoms with van der Waals surface area (Å²) in [7, 11) is -1.67. The number of anilines is 1. The fraction of sp³-hybridized carbons (Fsp3) is 0. The predicted octanol–water partition coefficient (Wildman–Crippen LogP) is -0.926. The molecular formula is C7H7BFNO3. The van der Waals surface area contributed by atoms with Gasteiger partial charge in [-0.15, -0.1) is 0 Å². The van der Waals surface area contributed by atoms with Crippen molar-refractivity contribution in [3.8, 4) is 0 Å². The lowest BCUT2D eigenvalue weighted by atomic mass is 9.80. The van der Waals surface area contributed by atoms with E-state index >= 15 is 0 Å². The zero-order valence-corrected chi connectivity index (χ0v) is 6.57. The van der Waals surface area contributed by atoms with E-state index in [1.165, 1.54) is 6.07 Å². The Kier molecular flexibility index (Phi) is 3.00. The molecule has 0 aliphatic carbocycles. The van der Waals surface area contributed by atoms with Crippen LogP contribution in [0.5, 0.6) is 0 Å². The number of carbonyl (C=O) groups is 1. The van der Waals surface area contributed by atoms with Crippen molar-refractivity contribution in [2.45, 2.75) is 0 Å². The van der Waals surface area contributed by atoms with Gasteiger partial charge in [0, 0.05) is 0 Å². The molecule has 0 bridgehead atoms. The van der Waals surface area contributed by atoms with Crippen molar-refractivity contribution in [3.05, 3.63) is 24.0 Å². The fourth-order valence-electron chi connectivity index (χ4n) is 0.878. The number of amides is 1. The Balaban J connectivity index is 3.03. The minimum atomic E-state index is -1.67. The van der Waals surface area contributed by atoms with E-state index in [2.05, 4.69) is 5.32 Å². The van der Waals surface area contributed by atoms with Gasteiger partial charge < -0.3 is 15.4 Å². The van der Waals surface area contributed by atoms with E-state index in [1.54, 1.807) is 0 Å². The Hall–Kier alpha value is -1.40. The quantitative estimate of drug-likeness (QED) is 0.419. The molecule has 4 nitrogen and oxygen atoms in total. The summed E-state index contributed by atoms with van der Waals surface area (Å²) in [5.74, 6) is -0.628. The summed E-state index contributed by atoms with van der Waals surface area (Å²) in [4.78, 5) is 10.0. The molecule has 0 aliphatic heterocycles. The van der Waals surface area contributed by atoms with Crippen LogP contribution < -0.4 is 10.8 Å². The highest BCUT2D eigenvalue weighted by atomic mass is 19.1. The van der Waals surface area contributed by atoms with Crippen LogP contribution >= 0.6 is 0 Å². The largest absolute Gasteiger partial charge is 0.488 e. The third-order valence-corrected chi connectivity index (χ3v) is 1.50. The van der Waals surface area contributed by atoms with Crippen molar-refractivity contribution in [1.82, 2.24) is 0 Å². The monoisotopic (exact) mass is 183 g/mol. The number of halogens is 1. The molecule has 0 saturated heterocycles. The second kappa shape index (κ2) is 4.02. The van der Waals surface area contributed by atoms with Gasteiger partial charge in [0.1, 0.15) is 5.82 Å². The predicted molar refractivity (Wildman–Crippen MR) is 45.9 cm³/mol. The molecule has 1 aromatic carbocycles. The van der Waals surface area contributed by atoms with Crippen molar-refractivity contribution in [3.63, 3.8) is 0 Å². The molecule has 3 N–H and O–H groups in total. The lowest BCUT2D eigenvalue weighted by Crippen LogP contribution is -2.30. The van der Waals surface area contributed by atoms with Crippen molar-refractivity contribution >= 4 is 24.7 Å². The van der Waals surface area contributed by atoms with E-state index in [9.17, 15) is 9.18 Å². The SMILES string of the molecule is O=CNc1cc(B(O)O)ccc1F. The van der Waals surface area contributed by atoms with Crippen molar-refractivity contribution < 1.29 is 19.2 Å². The molecule has 6 heteroatoms. The summed E-state index contributed by atoms with van der Waals surface area (Å²) in [5.41, 5.74) is 0.0337.